The maximum absolute atomic E-state index is 13.0. The fourth-order valence-corrected chi connectivity index (χ4v) is 3.88. The van der Waals surface area contributed by atoms with E-state index in [-0.39, 0.29) is 5.57 Å². The van der Waals surface area contributed by atoms with Crippen LogP contribution < -0.4 is 9.80 Å². The molecule has 1 aromatic rings. The van der Waals surface area contributed by atoms with Crippen molar-refractivity contribution in [3.05, 3.63) is 36.0 Å². The maximum Gasteiger partial charge on any atom is 0.454 e. The summed E-state index contributed by atoms with van der Waals surface area (Å²) in [6.45, 7) is 10.6. The average Bonchev–Trinajstić information content (AvgIpc) is 2.60. The first kappa shape index (κ1) is 20.7. The smallest absolute Gasteiger partial charge is 0.371 e. The van der Waals surface area contributed by atoms with Crippen LogP contribution in [0, 0.1) is 10.8 Å². The van der Waals surface area contributed by atoms with Crippen molar-refractivity contribution >= 4 is 17.2 Å². The molecule has 3 rings (SSSR count). The standard InChI is InChI=1S/C22H29F3N2O/c1-20(2)9-12-26(13-10-20)16-5-7-17(8-6-16)27-14-11-21(3,4)18(15-27)19(28)22(23,24)25/h5-8,15H,9-14H2,1-4H3. The number of piperidine rings is 1. The maximum atomic E-state index is 13.0. The third-order valence-electron chi connectivity index (χ3n) is 6.16. The number of anilines is 2. The normalized spacial score (nSPS) is 22.0. The number of Topliss-reactive ketones (excluding diaryl/α,β-unsaturated/α-hetero) is 1. The predicted octanol–water partition coefficient (Wildman–Crippen LogP) is 5.56. The van der Waals surface area contributed by atoms with Crippen molar-refractivity contribution in [1.82, 2.24) is 0 Å². The first-order valence-corrected chi connectivity index (χ1v) is 9.85. The third-order valence-corrected chi connectivity index (χ3v) is 6.16. The van der Waals surface area contributed by atoms with Gasteiger partial charge in [0.1, 0.15) is 0 Å². The van der Waals surface area contributed by atoms with Crippen LogP contribution in [0.2, 0.25) is 0 Å². The molecule has 1 saturated heterocycles. The van der Waals surface area contributed by atoms with Crippen molar-refractivity contribution < 1.29 is 18.0 Å². The highest BCUT2D eigenvalue weighted by atomic mass is 19.4. The van der Waals surface area contributed by atoms with E-state index in [2.05, 4.69) is 18.7 Å². The molecule has 0 aliphatic carbocycles. The van der Waals surface area contributed by atoms with E-state index in [1.807, 2.05) is 24.3 Å². The summed E-state index contributed by atoms with van der Waals surface area (Å²) in [5.41, 5.74) is 1.36. The van der Waals surface area contributed by atoms with Crippen LogP contribution in [0.15, 0.2) is 36.0 Å². The van der Waals surface area contributed by atoms with Crippen molar-refractivity contribution in [3.8, 4) is 0 Å². The Kier molecular flexibility index (Phi) is 5.28. The van der Waals surface area contributed by atoms with Gasteiger partial charge in [-0.05, 0) is 54.4 Å². The van der Waals surface area contributed by atoms with E-state index < -0.39 is 17.4 Å². The van der Waals surface area contributed by atoms with Crippen LogP contribution in [-0.2, 0) is 4.79 Å². The van der Waals surface area contributed by atoms with Crippen LogP contribution in [0.4, 0.5) is 24.5 Å². The second-order valence-corrected chi connectivity index (χ2v) is 9.36. The van der Waals surface area contributed by atoms with Crippen LogP contribution in [0.25, 0.3) is 0 Å². The Morgan fingerprint density at radius 1 is 0.893 bits per heavy atom. The Morgan fingerprint density at radius 3 is 1.96 bits per heavy atom. The van der Waals surface area contributed by atoms with Gasteiger partial charge in [0.2, 0.25) is 0 Å². The topological polar surface area (TPSA) is 23.6 Å². The summed E-state index contributed by atoms with van der Waals surface area (Å²) in [6, 6.07) is 7.90. The third kappa shape index (κ3) is 4.36. The summed E-state index contributed by atoms with van der Waals surface area (Å²) < 4.78 is 39.0. The number of carbonyl (C=O) groups is 1. The zero-order valence-electron chi connectivity index (χ0n) is 17.1. The van der Waals surface area contributed by atoms with Gasteiger partial charge in [0.05, 0.1) is 0 Å². The number of ketones is 1. The number of benzene rings is 1. The number of hydrogen-bond donors (Lipinski definition) is 0. The Bertz CT molecular complexity index is 753. The van der Waals surface area contributed by atoms with Crippen molar-refractivity contribution in [2.75, 3.05) is 29.4 Å². The predicted molar refractivity (Wildman–Crippen MR) is 107 cm³/mol. The van der Waals surface area contributed by atoms with Crippen molar-refractivity contribution in [2.45, 2.75) is 53.1 Å². The lowest BCUT2D eigenvalue weighted by Crippen LogP contribution is -2.39. The van der Waals surface area contributed by atoms with Gasteiger partial charge in [0.25, 0.3) is 5.78 Å². The number of hydrogen-bond acceptors (Lipinski definition) is 3. The number of rotatable bonds is 3. The molecule has 2 heterocycles. The van der Waals surface area contributed by atoms with Gasteiger partial charge in [0, 0.05) is 42.8 Å². The zero-order valence-corrected chi connectivity index (χ0v) is 17.1. The van der Waals surface area contributed by atoms with Crippen LogP contribution in [0.3, 0.4) is 0 Å². The molecular weight excluding hydrogens is 365 g/mol. The lowest BCUT2D eigenvalue weighted by Gasteiger charge is -2.39. The summed E-state index contributed by atoms with van der Waals surface area (Å²) in [6.07, 6.45) is -0.692. The van der Waals surface area contributed by atoms with Crippen molar-refractivity contribution in [3.63, 3.8) is 0 Å². The van der Waals surface area contributed by atoms with E-state index in [9.17, 15) is 18.0 Å². The molecule has 0 radical (unpaired) electrons. The zero-order chi connectivity index (χ0) is 20.7. The van der Waals surface area contributed by atoms with Gasteiger partial charge in [-0.25, -0.2) is 0 Å². The van der Waals surface area contributed by atoms with E-state index in [1.54, 1.807) is 18.7 Å². The van der Waals surface area contributed by atoms with E-state index in [4.69, 9.17) is 0 Å². The summed E-state index contributed by atoms with van der Waals surface area (Å²) >= 11 is 0. The molecule has 0 aromatic heterocycles. The quantitative estimate of drug-likeness (QED) is 0.670. The molecule has 2 aliphatic rings. The lowest BCUT2D eigenvalue weighted by molar-refractivity contribution is -0.167. The number of allylic oxidation sites excluding steroid dienone is 1. The Labute approximate surface area is 165 Å². The largest absolute Gasteiger partial charge is 0.454 e. The SMILES string of the molecule is CC1(C)CCN(c2ccc(N3C=C(C(=O)C(F)(F)F)C(C)(C)CC3)cc2)CC1. The summed E-state index contributed by atoms with van der Waals surface area (Å²) in [5, 5.41) is 0. The van der Waals surface area contributed by atoms with Gasteiger partial charge in [0.15, 0.2) is 0 Å². The van der Waals surface area contributed by atoms with Crippen molar-refractivity contribution in [2.24, 2.45) is 10.8 Å². The number of alkyl halides is 3. The van der Waals surface area contributed by atoms with E-state index in [1.165, 1.54) is 6.20 Å². The van der Waals surface area contributed by atoms with Crippen molar-refractivity contribution in [1.29, 1.82) is 0 Å². The van der Waals surface area contributed by atoms with Gasteiger partial charge < -0.3 is 9.80 Å². The van der Waals surface area contributed by atoms with Crippen LogP contribution in [0.1, 0.15) is 47.0 Å². The monoisotopic (exact) mass is 394 g/mol. The highest BCUT2D eigenvalue weighted by molar-refractivity contribution is 6.01. The van der Waals surface area contributed by atoms with Gasteiger partial charge in [-0.15, -0.1) is 0 Å². The molecular formula is C22H29F3N2O. The minimum atomic E-state index is -4.85. The molecule has 2 aliphatic heterocycles. The molecule has 0 saturated carbocycles. The van der Waals surface area contributed by atoms with Crippen LogP contribution in [-0.4, -0.2) is 31.6 Å². The van der Waals surface area contributed by atoms with Gasteiger partial charge in [-0.1, -0.05) is 27.7 Å². The molecule has 3 nitrogen and oxygen atoms in total. The minimum Gasteiger partial charge on any atom is -0.371 e. The van der Waals surface area contributed by atoms with Gasteiger partial charge in [-0.2, -0.15) is 13.2 Å². The fourth-order valence-electron chi connectivity index (χ4n) is 3.88. The van der Waals surface area contributed by atoms with E-state index in [0.717, 1.165) is 37.3 Å². The fraction of sp³-hybridized carbons (Fsp3) is 0.591. The molecule has 0 unspecified atom stereocenters. The van der Waals surface area contributed by atoms with Crippen LogP contribution in [0.5, 0.6) is 0 Å². The van der Waals surface area contributed by atoms with Gasteiger partial charge in [-0.3, -0.25) is 4.79 Å². The number of carbonyl (C=O) groups excluding carboxylic acids is 1. The molecule has 0 N–H and O–H groups in total. The highest BCUT2D eigenvalue weighted by Gasteiger charge is 2.46. The summed E-state index contributed by atoms with van der Waals surface area (Å²) in [4.78, 5) is 16.0. The molecule has 1 aromatic carbocycles. The molecule has 154 valence electrons. The molecule has 0 atom stereocenters. The highest BCUT2D eigenvalue weighted by Crippen LogP contribution is 2.40. The molecule has 0 spiro atoms. The molecule has 6 heteroatoms. The molecule has 0 amide bonds. The first-order valence-electron chi connectivity index (χ1n) is 9.85. The average molecular weight is 394 g/mol. The molecule has 28 heavy (non-hydrogen) atoms. The van der Waals surface area contributed by atoms with E-state index >= 15 is 0 Å². The summed E-state index contributed by atoms with van der Waals surface area (Å²) in [7, 11) is 0. The Morgan fingerprint density at radius 2 is 1.43 bits per heavy atom. The first-order chi connectivity index (χ1) is 12.9. The van der Waals surface area contributed by atoms with Crippen LogP contribution >= 0.6 is 0 Å². The number of halogens is 3. The van der Waals surface area contributed by atoms with E-state index in [0.29, 0.717) is 18.4 Å². The Balaban J connectivity index is 1.79. The summed E-state index contributed by atoms with van der Waals surface area (Å²) in [5.74, 6) is -1.74. The second kappa shape index (κ2) is 7.12. The molecule has 1 fully saturated rings. The second-order valence-electron chi connectivity index (χ2n) is 9.36. The number of nitrogens with zero attached hydrogens (tertiary/aromatic N) is 2. The van der Waals surface area contributed by atoms with Gasteiger partial charge >= 0.3 is 6.18 Å². The lowest BCUT2D eigenvalue weighted by atomic mass is 9.77. The Hall–Kier alpha value is -1.98. The molecule has 0 bridgehead atoms. The minimum absolute atomic E-state index is 0.173.